The second-order valence-corrected chi connectivity index (χ2v) is 8.51. The Morgan fingerprint density at radius 1 is 1.03 bits per heavy atom. The van der Waals surface area contributed by atoms with Crippen LogP contribution < -0.4 is 5.32 Å². The number of anilines is 1. The van der Waals surface area contributed by atoms with Gasteiger partial charge in [-0.15, -0.1) is 0 Å². The predicted molar refractivity (Wildman–Crippen MR) is 123 cm³/mol. The Balaban J connectivity index is 1.59. The maximum atomic E-state index is 13.2. The number of hydrogen-bond donors (Lipinski definition) is 1. The first-order chi connectivity index (χ1) is 14.9. The second-order valence-electron chi connectivity index (χ2n) is 8.51. The lowest BCUT2D eigenvalue weighted by Gasteiger charge is -2.19. The summed E-state index contributed by atoms with van der Waals surface area (Å²) in [6, 6.07) is 13.6. The van der Waals surface area contributed by atoms with Gasteiger partial charge in [0.05, 0.1) is 11.1 Å². The zero-order valence-corrected chi connectivity index (χ0v) is 18.5. The zero-order chi connectivity index (χ0) is 22.1. The molecule has 4 rings (SSSR count). The standard InChI is InChI=1S/C26H28N2O3/c1-15(2)18-11-7-9-16(3)24(18)28-25(29)17(4)31-26(30)23-19-10-5-6-13-21(19)27-22-14-8-12-20(22)23/h5-7,9-11,13,15,17H,8,12,14H2,1-4H3,(H,28,29)/t17-/m1/s1. The Kier molecular flexibility index (Phi) is 5.77. The highest BCUT2D eigenvalue weighted by molar-refractivity contribution is 6.06. The fourth-order valence-corrected chi connectivity index (χ4v) is 4.28. The minimum absolute atomic E-state index is 0.263. The van der Waals surface area contributed by atoms with Gasteiger partial charge in [0.1, 0.15) is 0 Å². The number of carbonyl (C=O) groups is 2. The molecule has 160 valence electrons. The van der Waals surface area contributed by atoms with Gasteiger partial charge in [0.15, 0.2) is 6.10 Å². The van der Waals surface area contributed by atoms with Crippen LogP contribution in [0.5, 0.6) is 0 Å². The molecule has 0 spiro atoms. The minimum Gasteiger partial charge on any atom is -0.449 e. The lowest BCUT2D eigenvalue weighted by Crippen LogP contribution is -2.31. The number of hydrogen-bond acceptors (Lipinski definition) is 4. The molecule has 1 aliphatic carbocycles. The van der Waals surface area contributed by atoms with Crippen LogP contribution in [0.4, 0.5) is 5.69 Å². The highest BCUT2D eigenvalue weighted by Gasteiger charge is 2.27. The van der Waals surface area contributed by atoms with Crippen molar-refractivity contribution in [2.24, 2.45) is 0 Å². The van der Waals surface area contributed by atoms with E-state index in [1.165, 1.54) is 0 Å². The third-order valence-corrected chi connectivity index (χ3v) is 5.95. The number of pyridine rings is 1. The van der Waals surface area contributed by atoms with Crippen molar-refractivity contribution in [3.8, 4) is 0 Å². The van der Waals surface area contributed by atoms with Gasteiger partial charge in [0, 0.05) is 16.8 Å². The number of carbonyl (C=O) groups excluding carboxylic acids is 2. The minimum atomic E-state index is -0.920. The molecule has 0 saturated carbocycles. The Bertz CT molecular complexity index is 1170. The highest BCUT2D eigenvalue weighted by Crippen LogP contribution is 2.31. The van der Waals surface area contributed by atoms with Crippen LogP contribution in [0.25, 0.3) is 10.9 Å². The summed E-state index contributed by atoms with van der Waals surface area (Å²) < 4.78 is 5.67. The van der Waals surface area contributed by atoms with E-state index in [4.69, 9.17) is 9.72 Å². The molecule has 31 heavy (non-hydrogen) atoms. The predicted octanol–water partition coefficient (Wildman–Crippen LogP) is 5.34. The molecule has 0 radical (unpaired) electrons. The quantitative estimate of drug-likeness (QED) is 0.570. The van der Waals surface area contributed by atoms with Gasteiger partial charge in [-0.05, 0) is 61.8 Å². The first kappa shape index (κ1) is 21.0. The van der Waals surface area contributed by atoms with Crippen LogP contribution in [-0.2, 0) is 22.4 Å². The van der Waals surface area contributed by atoms with Crippen molar-refractivity contribution in [2.75, 3.05) is 5.32 Å². The molecular formula is C26H28N2O3. The van der Waals surface area contributed by atoms with Gasteiger partial charge in [-0.2, -0.15) is 0 Å². The molecule has 1 amide bonds. The molecule has 5 nitrogen and oxygen atoms in total. The van der Waals surface area contributed by atoms with Gasteiger partial charge < -0.3 is 10.1 Å². The number of nitrogens with zero attached hydrogens (tertiary/aromatic N) is 1. The van der Waals surface area contributed by atoms with Gasteiger partial charge in [-0.3, -0.25) is 9.78 Å². The lowest BCUT2D eigenvalue weighted by atomic mass is 9.98. The van der Waals surface area contributed by atoms with Crippen LogP contribution in [0.3, 0.4) is 0 Å². The molecule has 1 heterocycles. The van der Waals surface area contributed by atoms with Gasteiger partial charge in [0.2, 0.25) is 0 Å². The fraction of sp³-hybridized carbons (Fsp3) is 0.346. The van der Waals surface area contributed by atoms with E-state index in [1.807, 2.05) is 49.4 Å². The molecule has 1 atom stereocenters. The van der Waals surface area contributed by atoms with E-state index in [9.17, 15) is 9.59 Å². The van der Waals surface area contributed by atoms with Crippen molar-refractivity contribution >= 4 is 28.5 Å². The van der Waals surface area contributed by atoms with E-state index in [0.717, 1.165) is 58.2 Å². The van der Waals surface area contributed by atoms with E-state index >= 15 is 0 Å². The van der Waals surface area contributed by atoms with Gasteiger partial charge in [0.25, 0.3) is 5.91 Å². The number of rotatable bonds is 5. The summed E-state index contributed by atoms with van der Waals surface area (Å²) in [6.45, 7) is 7.75. The van der Waals surface area contributed by atoms with Crippen LogP contribution in [-0.4, -0.2) is 23.0 Å². The third kappa shape index (κ3) is 4.05. The average Bonchev–Trinajstić information content (AvgIpc) is 3.20. The summed E-state index contributed by atoms with van der Waals surface area (Å²) in [5, 5.41) is 3.76. The molecule has 3 aromatic rings. The van der Waals surface area contributed by atoms with Crippen molar-refractivity contribution in [2.45, 2.75) is 59.0 Å². The SMILES string of the molecule is Cc1cccc(C(C)C)c1NC(=O)[C@@H](C)OC(=O)c1c2c(nc3ccccc13)CCC2. The van der Waals surface area contributed by atoms with Crippen LogP contribution in [0.15, 0.2) is 42.5 Å². The van der Waals surface area contributed by atoms with Gasteiger partial charge in [-0.25, -0.2) is 4.79 Å². The Labute approximate surface area is 182 Å². The largest absolute Gasteiger partial charge is 0.449 e. The molecule has 0 fully saturated rings. The fourth-order valence-electron chi connectivity index (χ4n) is 4.28. The van der Waals surface area contributed by atoms with E-state index in [1.54, 1.807) is 6.92 Å². The smallest absolute Gasteiger partial charge is 0.339 e. The molecule has 5 heteroatoms. The van der Waals surface area contributed by atoms with Crippen molar-refractivity contribution in [1.82, 2.24) is 4.98 Å². The summed E-state index contributed by atoms with van der Waals surface area (Å²) in [5.74, 6) is -0.536. The Morgan fingerprint density at radius 3 is 2.58 bits per heavy atom. The van der Waals surface area contributed by atoms with Gasteiger partial charge in [-0.1, -0.05) is 50.2 Å². The number of para-hydroxylation sites is 2. The number of nitrogens with one attached hydrogen (secondary N) is 1. The van der Waals surface area contributed by atoms with Crippen LogP contribution in [0.2, 0.25) is 0 Å². The van der Waals surface area contributed by atoms with Crippen LogP contribution in [0.1, 0.15) is 65.9 Å². The first-order valence-corrected chi connectivity index (χ1v) is 10.9. The van der Waals surface area contributed by atoms with E-state index < -0.39 is 12.1 Å². The van der Waals surface area contributed by atoms with Crippen molar-refractivity contribution in [3.05, 3.63) is 70.4 Å². The second kappa shape index (κ2) is 8.50. The van der Waals surface area contributed by atoms with Crippen molar-refractivity contribution in [1.29, 1.82) is 0 Å². The number of amides is 1. The molecule has 0 unspecified atom stereocenters. The molecule has 0 bridgehead atoms. The normalized spacial score (nSPS) is 13.8. The number of aryl methyl sites for hydroxylation is 2. The Hall–Kier alpha value is -3.21. The van der Waals surface area contributed by atoms with Crippen LogP contribution in [0, 0.1) is 6.92 Å². The zero-order valence-electron chi connectivity index (χ0n) is 18.5. The number of esters is 1. The summed E-state index contributed by atoms with van der Waals surface area (Å²) in [7, 11) is 0. The van der Waals surface area contributed by atoms with E-state index in [2.05, 4.69) is 19.2 Å². The molecule has 1 N–H and O–H groups in total. The number of benzene rings is 2. The number of aromatic nitrogens is 1. The molecule has 1 aliphatic rings. The topological polar surface area (TPSA) is 68.3 Å². The average molecular weight is 417 g/mol. The summed E-state index contributed by atoms with van der Waals surface area (Å²) in [5.41, 5.74) is 6.09. The molecule has 0 aliphatic heterocycles. The monoisotopic (exact) mass is 416 g/mol. The Morgan fingerprint density at radius 2 is 1.81 bits per heavy atom. The van der Waals surface area contributed by atoms with Crippen molar-refractivity contribution < 1.29 is 14.3 Å². The number of ether oxygens (including phenoxy) is 1. The lowest BCUT2D eigenvalue weighted by molar-refractivity contribution is -0.123. The molecular weight excluding hydrogens is 388 g/mol. The first-order valence-electron chi connectivity index (χ1n) is 10.9. The molecule has 0 saturated heterocycles. The third-order valence-electron chi connectivity index (χ3n) is 5.95. The molecule has 1 aromatic heterocycles. The van der Waals surface area contributed by atoms with Crippen LogP contribution >= 0.6 is 0 Å². The summed E-state index contributed by atoms with van der Waals surface area (Å²) in [6.07, 6.45) is 1.72. The maximum Gasteiger partial charge on any atom is 0.339 e. The summed E-state index contributed by atoms with van der Waals surface area (Å²) >= 11 is 0. The van der Waals surface area contributed by atoms with E-state index in [-0.39, 0.29) is 11.8 Å². The highest BCUT2D eigenvalue weighted by atomic mass is 16.5. The maximum absolute atomic E-state index is 13.2. The van der Waals surface area contributed by atoms with Crippen molar-refractivity contribution in [3.63, 3.8) is 0 Å². The molecule has 2 aromatic carbocycles. The number of fused-ring (bicyclic) bond motifs is 2. The summed E-state index contributed by atoms with van der Waals surface area (Å²) in [4.78, 5) is 30.8. The van der Waals surface area contributed by atoms with E-state index in [0.29, 0.717) is 5.56 Å². The van der Waals surface area contributed by atoms with Gasteiger partial charge >= 0.3 is 5.97 Å².